The summed E-state index contributed by atoms with van der Waals surface area (Å²) in [6, 6.07) is 12.8. The topological polar surface area (TPSA) is 59.3 Å². The van der Waals surface area contributed by atoms with Gasteiger partial charge in [0.15, 0.2) is 0 Å². The van der Waals surface area contributed by atoms with Crippen LogP contribution in [0.1, 0.15) is 35.2 Å². The minimum atomic E-state index is -0.370. The second kappa shape index (κ2) is 8.84. The molecule has 0 bridgehead atoms. The zero-order valence-corrected chi connectivity index (χ0v) is 17.6. The summed E-state index contributed by atoms with van der Waals surface area (Å²) in [5.74, 6) is 0.804. The van der Waals surface area contributed by atoms with Crippen LogP contribution in [0.4, 0.5) is 0 Å². The van der Waals surface area contributed by atoms with Crippen molar-refractivity contribution < 1.29 is 9.21 Å². The first-order valence-corrected chi connectivity index (χ1v) is 10.5. The number of carbonyl (C=O) groups excluding carboxylic acids is 1. The van der Waals surface area contributed by atoms with Crippen LogP contribution in [-0.4, -0.2) is 11.7 Å². The maximum Gasteiger partial charge on any atom is 0.336 e. The lowest BCUT2D eigenvalue weighted by molar-refractivity contribution is -0.119. The van der Waals surface area contributed by atoms with E-state index < -0.39 is 0 Å². The highest BCUT2D eigenvalue weighted by Gasteiger charge is 2.12. The lowest BCUT2D eigenvalue weighted by atomic mass is 10.0. The Labute approximate surface area is 173 Å². The van der Waals surface area contributed by atoms with Crippen LogP contribution in [0.2, 0.25) is 5.02 Å². The lowest BCUT2D eigenvalue weighted by Gasteiger charge is -2.14. The number of nitrogens with one attached hydrogen (secondary N) is 1. The third-order valence-electron chi connectivity index (χ3n) is 4.66. The first kappa shape index (κ1) is 20.5. The van der Waals surface area contributed by atoms with E-state index in [1.54, 1.807) is 6.07 Å². The van der Waals surface area contributed by atoms with E-state index in [0.29, 0.717) is 22.1 Å². The van der Waals surface area contributed by atoms with Crippen molar-refractivity contribution in [2.75, 3.05) is 5.75 Å². The summed E-state index contributed by atoms with van der Waals surface area (Å²) >= 11 is 7.48. The fraction of sp³-hybridized carbons (Fsp3) is 0.273. The second-order valence-electron chi connectivity index (χ2n) is 6.86. The fourth-order valence-electron chi connectivity index (χ4n) is 3.00. The molecule has 3 aromatic rings. The SMILES string of the molecule is Cc1cc2oc(=O)cc(CSCC(=O)N[C@H](C)c3cccc(Cl)c3)c2cc1C. The molecular formula is C22H22ClNO3S. The van der Waals surface area contributed by atoms with Gasteiger partial charge in [-0.15, -0.1) is 11.8 Å². The average Bonchev–Trinajstić information content (AvgIpc) is 2.63. The molecule has 0 saturated heterocycles. The van der Waals surface area contributed by atoms with Crippen molar-refractivity contribution in [3.05, 3.63) is 80.2 Å². The standard InChI is InChI=1S/C22H22ClNO3S/c1-13-7-19-17(10-22(26)27-20(19)8-14(13)2)11-28-12-21(25)24-15(3)16-5-4-6-18(23)9-16/h4-10,15H,11-12H2,1-3H3,(H,24,25)/t15-/m1/s1. The predicted octanol–water partition coefficient (Wildman–Crippen LogP) is 5.17. The maximum absolute atomic E-state index is 12.3. The number of aryl methyl sites for hydroxylation is 2. The van der Waals surface area contributed by atoms with Crippen LogP contribution in [-0.2, 0) is 10.5 Å². The van der Waals surface area contributed by atoms with Crippen molar-refractivity contribution in [1.29, 1.82) is 0 Å². The second-order valence-corrected chi connectivity index (χ2v) is 8.28. The molecule has 0 radical (unpaired) electrons. The summed E-state index contributed by atoms with van der Waals surface area (Å²) in [5.41, 5.74) is 4.28. The van der Waals surface area contributed by atoms with E-state index in [-0.39, 0.29) is 17.6 Å². The van der Waals surface area contributed by atoms with Crippen molar-refractivity contribution in [2.45, 2.75) is 32.6 Å². The van der Waals surface area contributed by atoms with Crippen LogP contribution in [0.25, 0.3) is 11.0 Å². The van der Waals surface area contributed by atoms with Crippen molar-refractivity contribution in [3.63, 3.8) is 0 Å². The quantitative estimate of drug-likeness (QED) is 0.564. The van der Waals surface area contributed by atoms with Crippen LogP contribution in [0.5, 0.6) is 0 Å². The predicted molar refractivity (Wildman–Crippen MR) is 116 cm³/mol. The van der Waals surface area contributed by atoms with Gasteiger partial charge in [-0.05, 0) is 67.3 Å². The van der Waals surface area contributed by atoms with Gasteiger partial charge in [-0.3, -0.25) is 4.79 Å². The van der Waals surface area contributed by atoms with Crippen molar-refractivity contribution >= 4 is 40.2 Å². The molecule has 28 heavy (non-hydrogen) atoms. The first-order valence-electron chi connectivity index (χ1n) is 9.00. The highest BCUT2D eigenvalue weighted by Crippen LogP contribution is 2.25. The zero-order chi connectivity index (χ0) is 20.3. The van der Waals surface area contributed by atoms with Gasteiger partial charge in [0, 0.05) is 22.2 Å². The summed E-state index contributed by atoms with van der Waals surface area (Å²) in [5, 5.41) is 4.54. The van der Waals surface area contributed by atoms with E-state index in [9.17, 15) is 9.59 Å². The van der Waals surface area contributed by atoms with E-state index in [0.717, 1.165) is 27.6 Å². The van der Waals surface area contributed by atoms with Gasteiger partial charge in [0.05, 0.1) is 11.8 Å². The number of halogens is 1. The highest BCUT2D eigenvalue weighted by molar-refractivity contribution is 7.99. The molecule has 0 spiro atoms. The van der Waals surface area contributed by atoms with Crippen LogP contribution >= 0.6 is 23.4 Å². The molecule has 0 fully saturated rings. The zero-order valence-electron chi connectivity index (χ0n) is 16.0. The summed E-state index contributed by atoms with van der Waals surface area (Å²) in [7, 11) is 0. The molecule has 0 unspecified atom stereocenters. The summed E-state index contributed by atoms with van der Waals surface area (Å²) in [6.45, 7) is 5.94. The summed E-state index contributed by atoms with van der Waals surface area (Å²) < 4.78 is 5.32. The Bertz CT molecular complexity index is 1080. The van der Waals surface area contributed by atoms with Crippen molar-refractivity contribution in [1.82, 2.24) is 5.32 Å². The van der Waals surface area contributed by atoms with E-state index in [1.165, 1.54) is 17.8 Å². The van der Waals surface area contributed by atoms with E-state index in [4.69, 9.17) is 16.0 Å². The smallest absolute Gasteiger partial charge is 0.336 e. The Morgan fingerprint density at radius 2 is 1.93 bits per heavy atom. The van der Waals surface area contributed by atoms with Crippen LogP contribution < -0.4 is 10.9 Å². The van der Waals surface area contributed by atoms with Crippen LogP contribution in [0.15, 0.2) is 51.7 Å². The first-order chi connectivity index (χ1) is 13.3. The number of amides is 1. The van der Waals surface area contributed by atoms with Gasteiger partial charge in [-0.25, -0.2) is 4.79 Å². The maximum atomic E-state index is 12.3. The number of fused-ring (bicyclic) bond motifs is 1. The van der Waals surface area contributed by atoms with E-state index >= 15 is 0 Å². The molecule has 3 rings (SSSR count). The molecule has 0 aliphatic rings. The molecular weight excluding hydrogens is 394 g/mol. The number of benzene rings is 2. The summed E-state index contributed by atoms with van der Waals surface area (Å²) in [6.07, 6.45) is 0. The lowest BCUT2D eigenvalue weighted by Crippen LogP contribution is -2.28. The number of rotatable bonds is 6. The molecule has 1 N–H and O–H groups in total. The average molecular weight is 416 g/mol. The molecule has 146 valence electrons. The molecule has 0 aliphatic carbocycles. The molecule has 6 heteroatoms. The van der Waals surface area contributed by atoms with Gasteiger partial charge >= 0.3 is 5.63 Å². The molecule has 1 amide bonds. The molecule has 2 aromatic carbocycles. The molecule has 0 saturated carbocycles. The highest BCUT2D eigenvalue weighted by atomic mass is 35.5. The normalized spacial score (nSPS) is 12.1. The Balaban J connectivity index is 1.64. The third kappa shape index (κ3) is 4.97. The van der Waals surface area contributed by atoms with Gasteiger partial charge in [-0.2, -0.15) is 0 Å². The molecule has 1 heterocycles. The van der Waals surface area contributed by atoms with Crippen LogP contribution in [0.3, 0.4) is 0 Å². The van der Waals surface area contributed by atoms with Gasteiger partial charge in [0.25, 0.3) is 0 Å². The fourth-order valence-corrected chi connectivity index (χ4v) is 4.03. The van der Waals surface area contributed by atoms with Gasteiger partial charge in [-0.1, -0.05) is 23.7 Å². The Hall–Kier alpha value is -2.24. The largest absolute Gasteiger partial charge is 0.423 e. The molecule has 1 atom stereocenters. The summed E-state index contributed by atoms with van der Waals surface area (Å²) in [4.78, 5) is 24.1. The Morgan fingerprint density at radius 3 is 2.68 bits per heavy atom. The molecule has 4 nitrogen and oxygen atoms in total. The van der Waals surface area contributed by atoms with E-state index in [2.05, 4.69) is 5.32 Å². The van der Waals surface area contributed by atoms with Crippen molar-refractivity contribution in [3.8, 4) is 0 Å². The molecule has 0 aliphatic heterocycles. The van der Waals surface area contributed by atoms with Crippen LogP contribution in [0, 0.1) is 13.8 Å². The number of thioether (sulfide) groups is 1. The Kier molecular flexibility index (Phi) is 6.47. The number of carbonyl (C=O) groups is 1. The minimum Gasteiger partial charge on any atom is -0.423 e. The van der Waals surface area contributed by atoms with Gasteiger partial charge in [0.1, 0.15) is 5.58 Å². The molecule has 1 aromatic heterocycles. The number of hydrogen-bond acceptors (Lipinski definition) is 4. The third-order valence-corrected chi connectivity index (χ3v) is 5.88. The minimum absolute atomic E-state index is 0.0585. The van der Waals surface area contributed by atoms with E-state index in [1.807, 2.05) is 51.1 Å². The number of hydrogen-bond donors (Lipinski definition) is 1. The van der Waals surface area contributed by atoms with Gasteiger partial charge < -0.3 is 9.73 Å². The van der Waals surface area contributed by atoms with Crippen molar-refractivity contribution in [2.24, 2.45) is 0 Å². The van der Waals surface area contributed by atoms with Gasteiger partial charge in [0.2, 0.25) is 5.91 Å². The monoisotopic (exact) mass is 415 g/mol. The Morgan fingerprint density at radius 1 is 1.18 bits per heavy atom.